The number of nitrogens with one attached hydrogen (secondary N) is 1. The minimum atomic E-state index is -0.885. The molecule has 1 unspecified atom stereocenters. The van der Waals surface area contributed by atoms with Crippen molar-refractivity contribution in [3.63, 3.8) is 0 Å². The molecule has 5 heteroatoms. The highest BCUT2D eigenvalue weighted by atomic mass is 16.5. The number of ether oxygens (including phenoxy) is 1. The van der Waals surface area contributed by atoms with E-state index in [9.17, 15) is 9.59 Å². The van der Waals surface area contributed by atoms with Crippen molar-refractivity contribution in [2.24, 2.45) is 5.92 Å². The predicted molar refractivity (Wildman–Crippen MR) is 80.5 cm³/mol. The van der Waals surface area contributed by atoms with Crippen LogP contribution in [0.1, 0.15) is 30.9 Å². The van der Waals surface area contributed by atoms with Crippen LogP contribution in [-0.2, 0) is 9.59 Å². The van der Waals surface area contributed by atoms with E-state index in [1.807, 2.05) is 32.0 Å². The summed E-state index contributed by atoms with van der Waals surface area (Å²) in [5.74, 6) is -0.875. The lowest BCUT2D eigenvalue weighted by Gasteiger charge is -2.11. The molecule has 0 heterocycles. The van der Waals surface area contributed by atoms with Crippen LogP contribution >= 0.6 is 0 Å². The average Bonchev–Trinajstić information content (AvgIpc) is 2.43. The minimum Gasteiger partial charge on any atom is -0.493 e. The van der Waals surface area contributed by atoms with Crippen LogP contribution in [0.2, 0.25) is 0 Å². The summed E-state index contributed by atoms with van der Waals surface area (Å²) in [7, 11) is 0. The molecule has 2 N–H and O–H groups in total. The van der Waals surface area contributed by atoms with Crippen molar-refractivity contribution in [2.75, 3.05) is 13.2 Å². The monoisotopic (exact) mass is 293 g/mol. The Kier molecular flexibility index (Phi) is 6.72. The first-order chi connectivity index (χ1) is 9.93. The number of rotatable bonds is 8. The van der Waals surface area contributed by atoms with Gasteiger partial charge in [0, 0.05) is 6.54 Å². The van der Waals surface area contributed by atoms with Gasteiger partial charge in [-0.05, 0) is 43.5 Å². The molecule has 0 saturated heterocycles. The van der Waals surface area contributed by atoms with Gasteiger partial charge < -0.3 is 15.2 Å². The van der Waals surface area contributed by atoms with E-state index in [2.05, 4.69) is 5.32 Å². The minimum absolute atomic E-state index is 0.161. The highest BCUT2D eigenvalue weighted by Gasteiger charge is 2.15. The normalized spacial score (nSPS) is 11.8. The number of carboxylic acids is 1. The summed E-state index contributed by atoms with van der Waals surface area (Å²) in [4.78, 5) is 22.4. The number of hydrogen-bond donors (Lipinski definition) is 2. The Morgan fingerprint density at radius 3 is 2.57 bits per heavy atom. The molecule has 0 aromatic heterocycles. The predicted octanol–water partition coefficient (Wildman–Crippen LogP) is 2.30. The molecule has 0 aliphatic rings. The summed E-state index contributed by atoms with van der Waals surface area (Å²) in [5, 5.41) is 11.5. The molecule has 1 atom stereocenters. The lowest BCUT2D eigenvalue weighted by molar-refractivity contribution is -0.141. The summed E-state index contributed by atoms with van der Waals surface area (Å²) in [5.41, 5.74) is 2.34. The van der Waals surface area contributed by atoms with E-state index in [1.54, 1.807) is 6.92 Å². The molecule has 1 rings (SSSR count). The fraction of sp³-hybridized carbons (Fsp3) is 0.500. The Hall–Kier alpha value is -2.04. The van der Waals surface area contributed by atoms with Crippen molar-refractivity contribution in [3.05, 3.63) is 29.3 Å². The molecule has 0 spiro atoms. The Morgan fingerprint density at radius 2 is 2.00 bits per heavy atom. The van der Waals surface area contributed by atoms with Crippen LogP contribution in [0.4, 0.5) is 0 Å². The molecule has 21 heavy (non-hydrogen) atoms. The first kappa shape index (κ1) is 17.0. The second-order valence-electron chi connectivity index (χ2n) is 5.09. The van der Waals surface area contributed by atoms with E-state index in [1.165, 1.54) is 5.56 Å². The fourth-order valence-corrected chi connectivity index (χ4v) is 1.80. The van der Waals surface area contributed by atoms with Gasteiger partial charge in [0.15, 0.2) is 0 Å². The topological polar surface area (TPSA) is 75.6 Å². The van der Waals surface area contributed by atoms with Crippen molar-refractivity contribution in [2.45, 2.75) is 33.6 Å². The van der Waals surface area contributed by atoms with Crippen LogP contribution in [0.25, 0.3) is 0 Å². The van der Waals surface area contributed by atoms with Crippen molar-refractivity contribution < 1.29 is 19.4 Å². The highest BCUT2D eigenvalue weighted by molar-refractivity contribution is 5.77. The molecule has 0 aliphatic carbocycles. The molecular formula is C16H23NO4. The maximum absolute atomic E-state index is 11.6. The van der Waals surface area contributed by atoms with E-state index < -0.39 is 11.9 Å². The Morgan fingerprint density at radius 1 is 1.29 bits per heavy atom. The van der Waals surface area contributed by atoms with Crippen molar-refractivity contribution in [3.8, 4) is 5.75 Å². The lowest BCUT2D eigenvalue weighted by Crippen LogP contribution is -2.33. The number of carbonyl (C=O) groups is 2. The molecule has 0 fully saturated rings. The Bertz CT molecular complexity index is 499. The zero-order valence-corrected chi connectivity index (χ0v) is 12.8. The smallest absolute Gasteiger partial charge is 0.308 e. The average molecular weight is 293 g/mol. The quantitative estimate of drug-likeness (QED) is 0.771. The van der Waals surface area contributed by atoms with Crippen LogP contribution < -0.4 is 10.1 Å². The van der Waals surface area contributed by atoms with Gasteiger partial charge >= 0.3 is 5.97 Å². The van der Waals surface area contributed by atoms with E-state index >= 15 is 0 Å². The lowest BCUT2D eigenvalue weighted by atomic mass is 10.1. The third kappa shape index (κ3) is 5.85. The first-order valence-corrected chi connectivity index (χ1v) is 7.13. The van der Waals surface area contributed by atoms with E-state index in [4.69, 9.17) is 9.84 Å². The molecule has 0 radical (unpaired) electrons. The number of carboxylic acid groups (broad SMARTS) is 1. The number of amides is 1. The number of aliphatic carboxylic acids is 1. The SMILES string of the molecule is CCC(CNC(=O)CCOc1ccc(C)c(C)c1)C(=O)O. The van der Waals surface area contributed by atoms with Crippen molar-refractivity contribution in [1.82, 2.24) is 5.32 Å². The summed E-state index contributed by atoms with van der Waals surface area (Å²) >= 11 is 0. The third-order valence-corrected chi connectivity index (χ3v) is 3.46. The number of hydrogen-bond acceptors (Lipinski definition) is 3. The molecule has 1 amide bonds. The van der Waals surface area contributed by atoms with Gasteiger partial charge in [0.2, 0.25) is 5.91 Å². The molecule has 0 saturated carbocycles. The van der Waals surface area contributed by atoms with E-state index in [0.29, 0.717) is 6.42 Å². The second kappa shape index (κ2) is 8.29. The van der Waals surface area contributed by atoms with Gasteiger partial charge in [-0.3, -0.25) is 9.59 Å². The zero-order valence-electron chi connectivity index (χ0n) is 12.8. The largest absolute Gasteiger partial charge is 0.493 e. The maximum Gasteiger partial charge on any atom is 0.308 e. The summed E-state index contributed by atoms with van der Waals surface area (Å²) in [6.07, 6.45) is 0.706. The Labute approximate surface area is 125 Å². The van der Waals surface area contributed by atoms with Crippen LogP contribution in [0.3, 0.4) is 0 Å². The third-order valence-electron chi connectivity index (χ3n) is 3.46. The molecule has 1 aromatic carbocycles. The molecule has 0 bridgehead atoms. The van der Waals surface area contributed by atoms with Gasteiger partial charge in [-0.25, -0.2) is 0 Å². The first-order valence-electron chi connectivity index (χ1n) is 7.13. The van der Waals surface area contributed by atoms with Gasteiger partial charge in [-0.15, -0.1) is 0 Å². The van der Waals surface area contributed by atoms with Crippen LogP contribution in [-0.4, -0.2) is 30.1 Å². The molecule has 0 aliphatic heterocycles. The maximum atomic E-state index is 11.6. The molecular weight excluding hydrogens is 270 g/mol. The van der Waals surface area contributed by atoms with Gasteiger partial charge in [0.1, 0.15) is 5.75 Å². The second-order valence-corrected chi connectivity index (χ2v) is 5.09. The number of carbonyl (C=O) groups excluding carboxylic acids is 1. The van der Waals surface area contributed by atoms with Crippen LogP contribution in [0.5, 0.6) is 5.75 Å². The number of aryl methyl sites for hydroxylation is 2. The van der Waals surface area contributed by atoms with Crippen LogP contribution in [0, 0.1) is 19.8 Å². The number of benzene rings is 1. The van der Waals surface area contributed by atoms with Gasteiger partial charge in [-0.2, -0.15) is 0 Å². The van der Waals surface area contributed by atoms with E-state index in [0.717, 1.165) is 11.3 Å². The standard InChI is InChI=1S/C16H23NO4/c1-4-13(16(19)20)10-17-15(18)7-8-21-14-6-5-11(2)12(3)9-14/h5-6,9,13H,4,7-8,10H2,1-3H3,(H,17,18)(H,19,20). The van der Waals surface area contributed by atoms with Crippen molar-refractivity contribution in [1.29, 1.82) is 0 Å². The summed E-state index contributed by atoms with van der Waals surface area (Å²) < 4.78 is 5.52. The van der Waals surface area contributed by atoms with E-state index in [-0.39, 0.29) is 25.5 Å². The fourth-order valence-electron chi connectivity index (χ4n) is 1.80. The van der Waals surface area contributed by atoms with Gasteiger partial charge in [0.05, 0.1) is 18.9 Å². The van der Waals surface area contributed by atoms with Crippen molar-refractivity contribution >= 4 is 11.9 Å². The highest BCUT2D eigenvalue weighted by Crippen LogP contribution is 2.16. The van der Waals surface area contributed by atoms with Crippen LogP contribution in [0.15, 0.2) is 18.2 Å². The molecule has 116 valence electrons. The molecule has 5 nitrogen and oxygen atoms in total. The Balaban J connectivity index is 2.30. The van der Waals surface area contributed by atoms with Gasteiger partial charge in [-0.1, -0.05) is 13.0 Å². The molecule has 1 aromatic rings. The summed E-state index contributed by atoms with van der Waals surface area (Å²) in [6, 6.07) is 5.78. The zero-order chi connectivity index (χ0) is 15.8. The summed E-state index contributed by atoms with van der Waals surface area (Å²) in [6.45, 7) is 6.26. The van der Waals surface area contributed by atoms with Gasteiger partial charge in [0.25, 0.3) is 0 Å².